The highest BCUT2D eigenvalue weighted by atomic mass is 19.1. The van der Waals surface area contributed by atoms with Gasteiger partial charge in [0.05, 0.1) is 29.0 Å². The predicted molar refractivity (Wildman–Crippen MR) is 128 cm³/mol. The van der Waals surface area contributed by atoms with Crippen LogP contribution in [0.5, 0.6) is 0 Å². The number of pyridine rings is 1. The van der Waals surface area contributed by atoms with Crippen LogP contribution in [0.1, 0.15) is 24.2 Å². The minimum absolute atomic E-state index is 0.286. The summed E-state index contributed by atoms with van der Waals surface area (Å²) in [5.74, 6) is 0.780. The van der Waals surface area contributed by atoms with Crippen LogP contribution in [0.3, 0.4) is 0 Å². The first-order valence-corrected chi connectivity index (χ1v) is 11.3. The molecule has 0 saturated carbocycles. The molecule has 9 nitrogen and oxygen atoms in total. The maximum atomic E-state index is 14.9. The molecule has 1 aliphatic heterocycles. The summed E-state index contributed by atoms with van der Waals surface area (Å²) in [4.78, 5) is 23.0. The Hall–Kier alpha value is -3.47. The number of methoxy groups -OCH3 is 1. The van der Waals surface area contributed by atoms with Gasteiger partial charge in [0, 0.05) is 57.2 Å². The van der Waals surface area contributed by atoms with E-state index >= 15 is 0 Å². The molecule has 1 aliphatic rings. The second-order valence-corrected chi connectivity index (χ2v) is 8.32. The Kier molecular flexibility index (Phi) is 6.43. The van der Waals surface area contributed by atoms with Crippen LogP contribution in [0.4, 0.5) is 16.2 Å². The number of aromatic amines is 1. The zero-order valence-electron chi connectivity index (χ0n) is 19.2. The van der Waals surface area contributed by atoms with E-state index in [4.69, 9.17) is 4.74 Å². The van der Waals surface area contributed by atoms with Crippen LogP contribution in [0.15, 0.2) is 42.9 Å². The molecule has 10 heteroatoms. The molecule has 1 aromatic carbocycles. The van der Waals surface area contributed by atoms with Crippen molar-refractivity contribution in [2.45, 2.75) is 19.6 Å². The molecule has 176 valence electrons. The number of anilines is 2. The van der Waals surface area contributed by atoms with E-state index in [0.29, 0.717) is 46.4 Å². The van der Waals surface area contributed by atoms with E-state index in [1.807, 2.05) is 12.1 Å². The lowest BCUT2D eigenvalue weighted by Gasteiger charge is -2.33. The van der Waals surface area contributed by atoms with Gasteiger partial charge in [-0.05, 0) is 36.8 Å². The van der Waals surface area contributed by atoms with Gasteiger partial charge in [-0.25, -0.2) is 24.3 Å². The number of hydrogen-bond acceptors (Lipinski definition) is 8. The molecule has 3 N–H and O–H groups in total. The number of fused-ring (bicyclic) bond motifs is 1. The van der Waals surface area contributed by atoms with Crippen LogP contribution in [0, 0.1) is 5.82 Å². The summed E-state index contributed by atoms with van der Waals surface area (Å²) in [7, 11) is 1.59. The molecule has 4 heterocycles. The summed E-state index contributed by atoms with van der Waals surface area (Å²) in [6, 6.07) is 9.18. The van der Waals surface area contributed by atoms with Crippen LogP contribution in [0.2, 0.25) is 0 Å². The van der Waals surface area contributed by atoms with E-state index < -0.39 is 5.82 Å². The number of rotatable bonds is 7. The first-order valence-electron chi connectivity index (χ1n) is 11.3. The van der Waals surface area contributed by atoms with E-state index in [1.54, 1.807) is 25.4 Å². The van der Waals surface area contributed by atoms with Gasteiger partial charge in [0.1, 0.15) is 18.0 Å². The van der Waals surface area contributed by atoms with E-state index in [1.165, 1.54) is 18.0 Å². The number of halogens is 1. The summed E-state index contributed by atoms with van der Waals surface area (Å²) in [5.41, 5.74) is 3.90. The Bertz CT molecular complexity index is 1290. The second kappa shape index (κ2) is 9.80. The number of nitrogens with zero attached hydrogens (tertiary/aromatic N) is 5. The van der Waals surface area contributed by atoms with Gasteiger partial charge in [-0.15, -0.1) is 0 Å². The molecule has 34 heavy (non-hydrogen) atoms. The lowest BCUT2D eigenvalue weighted by molar-refractivity contribution is 0.181. The fraction of sp³-hybridized carbons (Fsp3) is 0.333. The van der Waals surface area contributed by atoms with Crippen molar-refractivity contribution in [3.8, 4) is 11.3 Å². The summed E-state index contributed by atoms with van der Waals surface area (Å²) >= 11 is 0. The third kappa shape index (κ3) is 4.74. The normalized spacial score (nSPS) is 15.5. The number of nitrogens with one attached hydrogen (secondary N) is 3. The summed E-state index contributed by atoms with van der Waals surface area (Å²) in [5, 5.41) is 6.61. The van der Waals surface area contributed by atoms with Crippen molar-refractivity contribution in [2.24, 2.45) is 0 Å². The molecule has 0 bridgehead atoms. The first-order chi connectivity index (χ1) is 16.6. The number of hydrogen-bond donors (Lipinski definition) is 3. The van der Waals surface area contributed by atoms with Crippen molar-refractivity contribution < 1.29 is 9.13 Å². The topological polar surface area (TPSA) is 104 Å². The van der Waals surface area contributed by atoms with Crippen molar-refractivity contribution in [3.63, 3.8) is 0 Å². The molecule has 0 spiro atoms. The average molecular weight is 463 g/mol. The number of aromatic nitrogens is 5. The van der Waals surface area contributed by atoms with E-state index in [0.717, 1.165) is 26.2 Å². The molecular formula is C24H27FN8O. The Morgan fingerprint density at radius 3 is 2.82 bits per heavy atom. The first kappa shape index (κ1) is 22.3. The van der Waals surface area contributed by atoms with Crippen molar-refractivity contribution >= 4 is 22.8 Å². The molecule has 1 saturated heterocycles. The maximum Gasteiger partial charge on any atom is 0.206 e. The lowest BCUT2D eigenvalue weighted by Crippen LogP contribution is -2.44. The predicted octanol–water partition coefficient (Wildman–Crippen LogP) is 3.41. The summed E-state index contributed by atoms with van der Waals surface area (Å²) < 4.78 is 20.0. The summed E-state index contributed by atoms with van der Waals surface area (Å²) in [6.07, 6.45) is 3.20. The lowest BCUT2D eigenvalue weighted by atomic mass is 10.1. The highest BCUT2D eigenvalue weighted by Crippen LogP contribution is 2.28. The molecule has 0 radical (unpaired) electrons. The Morgan fingerprint density at radius 2 is 2.00 bits per heavy atom. The van der Waals surface area contributed by atoms with E-state index in [9.17, 15) is 4.39 Å². The van der Waals surface area contributed by atoms with Gasteiger partial charge in [-0.1, -0.05) is 0 Å². The third-order valence-electron chi connectivity index (χ3n) is 6.07. The molecule has 1 unspecified atom stereocenters. The highest BCUT2D eigenvalue weighted by molar-refractivity contribution is 5.83. The van der Waals surface area contributed by atoms with Crippen molar-refractivity contribution in [1.82, 2.24) is 35.1 Å². The van der Waals surface area contributed by atoms with Crippen LogP contribution in [-0.4, -0.2) is 63.1 Å². The average Bonchev–Trinajstić information content (AvgIpc) is 3.25. The van der Waals surface area contributed by atoms with Crippen molar-refractivity contribution in [3.05, 3.63) is 59.9 Å². The van der Waals surface area contributed by atoms with E-state index in [-0.39, 0.29) is 6.04 Å². The number of benzene rings is 1. The number of piperazine rings is 1. The molecule has 3 aromatic heterocycles. The molecule has 0 amide bonds. The number of H-pyrrole nitrogens is 1. The highest BCUT2D eigenvalue weighted by Gasteiger charge is 2.19. The van der Waals surface area contributed by atoms with Crippen LogP contribution < -0.4 is 10.6 Å². The smallest absolute Gasteiger partial charge is 0.206 e. The fourth-order valence-electron chi connectivity index (χ4n) is 4.23. The molecule has 0 aliphatic carbocycles. The Balaban J connectivity index is 1.38. The number of imidazole rings is 1. The standard InChI is InChI=1S/C24H27FN8O/c1-15(33-7-5-26-6-8-33)16-3-4-27-23(9-16)32-24-30-21-11-18(19(25)12-22(21)31-24)20-10-17(13-34-2)28-14-29-20/h3-4,9-12,14-15,26H,5-8,13H2,1-2H3,(H2,27,30,31,32). The van der Waals surface area contributed by atoms with Gasteiger partial charge in [-0.3, -0.25) is 4.90 Å². The largest absolute Gasteiger partial charge is 0.378 e. The minimum atomic E-state index is -0.394. The molecule has 5 rings (SSSR count). The summed E-state index contributed by atoms with van der Waals surface area (Å²) in [6.45, 7) is 6.57. The molecule has 4 aromatic rings. The van der Waals surface area contributed by atoms with Gasteiger partial charge < -0.3 is 20.4 Å². The Morgan fingerprint density at radius 1 is 1.15 bits per heavy atom. The van der Waals surface area contributed by atoms with Crippen LogP contribution >= 0.6 is 0 Å². The molecule has 1 atom stereocenters. The molecular weight excluding hydrogens is 435 g/mol. The second-order valence-electron chi connectivity index (χ2n) is 8.32. The van der Waals surface area contributed by atoms with Gasteiger partial charge in [0.25, 0.3) is 0 Å². The van der Waals surface area contributed by atoms with Crippen molar-refractivity contribution in [2.75, 3.05) is 38.6 Å². The van der Waals surface area contributed by atoms with Gasteiger partial charge in [0.15, 0.2) is 0 Å². The monoisotopic (exact) mass is 462 g/mol. The van der Waals surface area contributed by atoms with E-state index in [2.05, 4.69) is 47.4 Å². The Labute approximate surface area is 196 Å². The SMILES string of the molecule is COCc1cc(-c2cc3nc(Nc4cc(C(C)N5CCNCC5)ccn4)[nH]c3cc2F)ncn1. The zero-order valence-corrected chi connectivity index (χ0v) is 19.2. The zero-order chi connectivity index (χ0) is 23.5. The van der Waals surface area contributed by atoms with Gasteiger partial charge in [0.2, 0.25) is 5.95 Å². The third-order valence-corrected chi connectivity index (χ3v) is 6.07. The molecule has 1 fully saturated rings. The maximum absolute atomic E-state index is 14.9. The van der Waals surface area contributed by atoms with Gasteiger partial charge in [-0.2, -0.15) is 0 Å². The van der Waals surface area contributed by atoms with Gasteiger partial charge >= 0.3 is 0 Å². The minimum Gasteiger partial charge on any atom is -0.378 e. The number of ether oxygens (including phenoxy) is 1. The van der Waals surface area contributed by atoms with Crippen molar-refractivity contribution in [1.29, 1.82) is 0 Å². The van der Waals surface area contributed by atoms with Crippen LogP contribution in [0.25, 0.3) is 22.3 Å². The quantitative estimate of drug-likeness (QED) is 0.384. The fourth-order valence-corrected chi connectivity index (χ4v) is 4.23. The van der Waals surface area contributed by atoms with Crippen LogP contribution in [-0.2, 0) is 11.3 Å².